The van der Waals surface area contributed by atoms with E-state index in [1.54, 1.807) is 13.8 Å². The van der Waals surface area contributed by atoms with Gasteiger partial charge in [0, 0.05) is 36.7 Å². The molecule has 0 saturated heterocycles. The summed E-state index contributed by atoms with van der Waals surface area (Å²) < 4.78 is 33.8. The van der Waals surface area contributed by atoms with Crippen molar-refractivity contribution in [2.45, 2.75) is 39.9 Å². The maximum Gasteiger partial charge on any atom is 0.737 e. The summed E-state index contributed by atoms with van der Waals surface area (Å²) in [6, 6.07) is 1.68. The quantitative estimate of drug-likeness (QED) is 0.696. The molecule has 0 N–H and O–H groups in total. The lowest BCUT2D eigenvalue weighted by Gasteiger charge is -2.37. The van der Waals surface area contributed by atoms with E-state index in [-0.39, 0.29) is 12.2 Å². The predicted molar refractivity (Wildman–Crippen MR) is 105 cm³/mol. The molecule has 2 unspecified atom stereocenters. The molecule has 1 aromatic heterocycles. The number of aryl methyl sites for hydroxylation is 2. The Morgan fingerprint density at radius 3 is 2.70 bits per heavy atom. The van der Waals surface area contributed by atoms with Crippen LogP contribution in [-0.4, -0.2) is 45.0 Å². The zero-order valence-electron chi connectivity index (χ0n) is 15.8. The van der Waals surface area contributed by atoms with Crippen molar-refractivity contribution in [2.75, 3.05) is 0 Å². The summed E-state index contributed by atoms with van der Waals surface area (Å²) in [4.78, 5) is 6.74. The van der Waals surface area contributed by atoms with Gasteiger partial charge < -0.3 is 22.5 Å². The maximum atomic E-state index is 15.6. The molecule has 5 heterocycles. The normalized spacial score (nSPS) is 27.3. The number of fused-ring (bicyclic) bond motifs is 3. The summed E-state index contributed by atoms with van der Waals surface area (Å²) in [6.07, 6.45) is 11.6. The molecule has 0 amide bonds. The van der Waals surface area contributed by atoms with Crippen LogP contribution in [0, 0.1) is 13.8 Å². The molecule has 4 aliphatic heterocycles. The second-order valence-corrected chi connectivity index (χ2v) is 7.71. The van der Waals surface area contributed by atoms with Crippen molar-refractivity contribution in [1.29, 1.82) is 0 Å². The molecule has 5 rings (SSSR count). The van der Waals surface area contributed by atoms with E-state index >= 15 is 8.63 Å². The number of hydrogen-bond acceptors (Lipinski definition) is 2. The minimum atomic E-state index is -3.93. The highest BCUT2D eigenvalue weighted by Crippen LogP contribution is 2.44. The van der Waals surface area contributed by atoms with E-state index in [9.17, 15) is 0 Å². The Labute approximate surface area is 157 Å². The predicted octanol–water partition coefficient (Wildman–Crippen LogP) is 3.65. The Bertz CT molecular complexity index is 1070. The van der Waals surface area contributed by atoms with Crippen LogP contribution >= 0.6 is 0 Å². The first-order valence-corrected chi connectivity index (χ1v) is 9.25. The number of hydrogen-bond donors (Lipinski definition) is 0. The standard InChI is InChI=1S/C20H21BF2N4/c1-12-9-14(3)26-19(12)18(16-11-24-17-7-5-6-8-25(16)17)20-13(2)10-15(4)27(20)21(26,22)23/h5-11,16-17H,1-4H3. The van der Waals surface area contributed by atoms with Crippen LogP contribution < -0.4 is 0 Å². The average molecular weight is 366 g/mol. The Hall–Kier alpha value is -2.70. The summed E-state index contributed by atoms with van der Waals surface area (Å²) >= 11 is 0. The molecule has 0 bridgehead atoms. The molecule has 7 heteroatoms. The number of allylic oxidation sites excluding steroid dienone is 4. The molecular formula is C20H21BF2N4. The summed E-state index contributed by atoms with van der Waals surface area (Å²) in [5, 5.41) is 0. The van der Waals surface area contributed by atoms with E-state index in [4.69, 9.17) is 0 Å². The molecule has 138 valence electrons. The van der Waals surface area contributed by atoms with Crippen molar-refractivity contribution in [2.24, 2.45) is 4.99 Å². The maximum absolute atomic E-state index is 15.6. The fourth-order valence-electron chi connectivity index (χ4n) is 4.98. The third-order valence-electron chi connectivity index (χ3n) is 5.93. The Kier molecular flexibility index (Phi) is 3.16. The first kappa shape index (κ1) is 16.5. The van der Waals surface area contributed by atoms with Gasteiger partial charge in [0.25, 0.3) is 0 Å². The highest BCUT2D eigenvalue weighted by Gasteiger charge is 2.56. The summed E-state index contributed by atoms with van der Waals surface area (Å²) in [7, 11) is 0. The molecule has 0 saturated carbocycles. The smallest absolute Gasteiger partial charge is 0.393 e. The minimum absolute atomic E-state index is 0.0740. The van der Waals surface area contributed by atoms with Crippen LogP contribution in [0.15, 0.2) is 52.8 Å². The van der Waals surface area contributed by atoms with Crippen LogP contribution in [0.5, 0.6) is 0 Å². The number of rotatable bonds is 1. The van der Waals surface area contributed by atoms with Crippen LogP contribution in [0.4, 0.5) is 8.63 Å². The molecule has 4 aliphatic rings. The van der Waals surface area contributed by atoms with Crippen molar-refractivity contribution in [3.63, 3.8) is 0 Å². The molecule has 1 aromatic rings. The van der Waals surface area contributed by atoms with E-state index in [1.165, 1.54) is 8.96 Å². The number of aromatic nitrogens is 1. The lowest BCUT2D eigenvalue weighted by atomic mass is 9.83. The Balaban J connectivity index is 1.84. The van der Waals surface area contributed by atoms with Crippen LogP contribution in [0.3, 0.4) is 0 Å². The third-order valence-corrected chi connectivity index (χ3v) is 5.93. The van der Waals surface area contributed by atoms with Crippen LogP contribution in [0.2, 0.25) is 0 Å². The average Bonchev–Trinajstić information content (AvgIpc) is 3.24. The second-order valence-electron chi connectivity index (χ2n) is 7.71. The van der Waals surface area contributed by atoms with Gasteiger partial charge in [0.1, 0.15) is 11.9 Å². The zero-order chi connectivity index (χ0) is 19.1. The first-order valence-electron chi connectivity index (χ1n) is 9.25. The molecule has 0 fully saturated rings. The lowest BCUT2D eigenvalue weighted by molar-refractivity contribution is -0.363. The van der Waals surface area contributed by atoms with E-state index in [0.29, 0.717) is 22.8 Å². The van der Waals surface area contributed by atoms with Crippen molar-refractivity contribution in [3.8, 4) is 0 Å². The summed E-state index contributed by atoms with van der Waals surface area (Å²) in [5.74, 6) is 0. The SMILES string of the molecule is CC1=CC(C)=[N+]2C1=C(C1C=NC3C=CC=CN31)c1c(C)cc(C)n1[B-]2(F)F. The van der Waals surface area contributed by atoms with Crippen molar-refractivity contribution in [1.82, 2.24) is 9.38 Å². The Morgan fingerprint density at radius 2 is 1.93 bits per heavy atom. The number of aliphatic imine (C=N–C) groups is 1. The van der Waals surface area contributed by atoms with E-state index in [1.807, 2.05) is 56.6 Å². The second kappa shape index (κ2) is 5.18. The largest absolute Gasteiger partial charge is 0.737 e. The highest BCUT2D eigenvalue weighted by atomic mass is 19.2. The minimum Gasteiger partial charge on any atom is -0.393 e. The van der Waals surface area contributed by atoms with Crippen LogP contribution in [0.1, 0.15) is 30.8 Å². The van der Waals surface area contributed by atoms with Crippen molar-refractivity contribution < 1.29 is 13.1 Å². The van der Waals surface area contributed by atoms with E-state index in [2.05, 4.69) is 9.89 Å². The van der Waals surface area contributed by atoms with Gasteiger partial charge in [0.05, 0.1) is 11.6 Å². The molecular weight excluding hydrogens is 345 g/mol. The zero-order valence-corrected chi connectivity index (χ0v) is 15.8. The van der Waals surface area contributed by atoms with Crippen LogP contribution in [0.25, 0.3) is 5.57 Å². The van der Waals surface area contributed by atoms with E-state index < -0.39 is 6.97 Å². The van der Waals surface area contributed by atoms with Gasteiger partial charge in [-0.05, 0) is 50.2 Å². The fraction of sp³-hybridized carbons (Fsp3) is 0.300. The number of halogens is 2. The summed E-state index contributed by atoms with van der Waals surface area (Å²) in [6.45, 7) is 3.42. The van der Waals surface area contributed by atoms with Gasteiger partial charge in [-0.1, -0.05) is 6.08 Å². The topological polar surface area (TPSA) is 23.5 Å². The van der Waals surface area contributed by atoms with Gasteiger partial charge >= 0.3 is 6.97 Å². The van der Waals surface area contributed by atoms with Gasteiger partial charge in [-0.25, -0.2) is 0 Å². The van der Waals surface area contributed by atoms with Gasteiger partial charge in [-0.3, -0.25) is 4.99 Å². The first-order chi connectivity index (χ1) is 12.8. The molecule has 0 spiro atoms. The molecule has 4 nitrogen and oxygen atoms in total. The highest BCUT2D eigenvalue weighted by molar-refractivity contribution is 6.58. The van der Waals surface area contributed by atoms with Gasteiger partial charge in [-0.15, -0.1) is 0 Å². The van der Waals surface area contributed by atoms with Gasteiger partial charge in [0.2, 0.25) is 0 Å². The molecule has 0 aromatic carbocycles. The van der Waals surface area contributed by atoms with Gasteiger partial charge in [0.15, 0.2) is 5.70 Å². The molecule has 2 atom stereocenters. The molecule has 0 radical (unpaired) electrons. The summed E-state index contributed by atoms with van der Waals surface area (Å²) in [5.41, 5.74) is 5.09. The van der Waals surface area contributed by atoms with Gasteiger partial charge in [-0.2, -0.15) is 0 Å². The van der Waals surface area contributed by atoms with Crippen molar-refractivity contribution >= 4 is 24.5 Å². The Morgan fingerprint density at radius 1 is 1.15 bits per heavy atom. The number of nitrogens with zero attached hydrogens (tertiary/aromatic N) is 4. The molecule has 0 aliphatic carbocycles. The lowest BCUT2D eigenvalue weighted by Crippen LogP contribution is -2.53. The van der Waals surface area contributed by atoms with E-state index in [0.717, 1.165) is 16.7 Å². The van der Waals surface area contributed by atoms with Crippen molar-refractivity contribution in [3.05, 3.63) is 64.8 Å². The monoisotopic (exact) mass is 366 g/mol. The molecule has 27 heavy (non-hydrogen) atoms. The third kappa shape index (κ3) is 1.97. The van der Waals surface area contributed by atoms with Crippen LogP contribution in [-0.2, 0) is 0 Å². The fourth-order valence-corrected chi connectivity index (χ4v) is 4.98.